The molecule has 0 unspecified atom stereocenters. The molecule has 0 saturated carbocycles. The van der Waals surface area contributed by atoms with Crippen LogP contribution >= 0.6 is 0 Å². The van der Waals surface area contributed by atoms with E-state index in [1.165, 1.54) is 0 Å². The molecule has 1 atom stereocenters. The molecule has 2 heterocycles. The normalized spacial score (nSPS) is 18.0. The molecule has 1 amide bonds. The number of aromatic nitrogens is 1. The fourth-order valence-corrected chi connectivity index (χ4v) is 5.12. The summed E-state index contributed by atoms with van der Waals surface area (Å²) < 4.78 is 30.0. The molecule has 1 N–H and O–H groups in total. The largest absolute Gasteiger partial charge is 0.452 e. The summed E-state index contributed by atoms with van der Waals surface area (Å²) in [5, 5.41) is 2.60. The molecule has 1 aliphatic heterocycles. The number of benzene rings is 1. The van der Waals surface area contributed by atoms with Gasteiger partial charge in [0.15, 0.2) is 16.4 Å². The predicted molar refractivity (Wildman–Crippen MR) is 105 cm³/mol. The van der Waals surface area contributed by atoms with Gasteiger partial charge in [-0.25, -0.2) is 13.2 Å². The minimum Gasteiger partial charge on any atom is -0.452 e. The van der Waals surface area contributed by atoms with Gasteiger partial charge in [0, 0.05) is 23.1 Å². The molecule has 1 fully saturated rings. The minimum atomic E-state index is -3.08. The number of carbonyl (C=O) groups is 2. The molecule has 0 radical (unpaired) electrons. The van der Waals surface area contributed by atoms with E-state index in [0.717, 1.165) is 22.6 Å². The number of aryl methyl sites for hydroxylation is 2. The first-order chi connectivity index (χ1) is 13.2. The first-order valence-electron chi connectivity index (χ1n) is 9.09. The van der Waals surface area contributed by atoms with E-state index in [4.69, 9.17) is 4.74 Å². The zero-order valence-electron chi connectivity index (χ0n) is 16.2. The molecule has 2 aromatic rings. The van der Waals surface area contributed by atoms with Crippen LogP contribution in [0, 0.1) is 20.8 Å². The molecule has 28 heavy (non-hydrogen) atoms. The van der Waals surface area contributed by atoms with Gasteiger partial charge in [-0.3, -0.25) is 4.79 Å². The van der Waals surface area contributed by atoms with Gasteiger partial charge < -0.3 is 14.6 Å². The Bertz CT molecular complexity index is 1010. The summed E-state index contributed by atoms with van der Waals surface area (Å²) in [7, 11) is -3.08. The topological polar surface area (TPSA) is 94.5 Å². The van der Waals surface area contributed by atoms with E-state index in [9.17, 15) is 18.0 Å². The maximum Gasteiger partial charge on any atom is 0.340 e. The van der Waals surface area contributed by atoms with Crippen LogP contribution in [-0.4, -0.2) is 49.0 Å². The minimum absolute atomic E-state index is 0.0651. The molecular weight excluding hydrogens is 380 g/mol. The van der Waals surface area contributed by atoms with Crippen LogP contribution in [0.25, 0.3) is 5.69 Å². The highest BCUT2D eigenvalue weighted by atomic mass is 32.2. The third-order valence-corrected chi connectivity index (χ3v) is 6.64. The van der Waals surface area contributed by atoms with Gasteiger partial charge in [-0.05, 0) is 45.4 Å². The van der Waals surface area contributed by atoms with Crippen molar-refractivity contribution in [2.45, 2.75) is 33.2 Å². The van der Waals surface area contributed by atoms with Gasteiger partial charge in [0.25, 0.3) is 5.91 Å². The highest BCUT2D eigenvalue weighted by Gasteiger charge is 2.29. The molecule has 7 nitrogen and oxygen atoms in total. The Labute approximate surface area is 164 Å². The van der Waals surface area contributed by atoms with Crippen molar-refractivity contribution in [3.63, 3.8) is 0 Å². The summed E-state index contributed by atoms with van der Waals surface area (Å²) in [6.45, 7) is 5.29. The smallest absolute Gasteiger partial charge is 0.340 e. The molecule has 0 bridgehead atoms. The Hall–Kier alpha value is -2.61. The lowest BCUT2D eigenvalue weighted by Gasteiger charge is -2.12. The maximum absolute atomic E-state index is 12.4. The van der Waals surface area contributed by atoms with E-state index < -0.39 is 34.4 Å². The van der Waals surface area contributed by atoms with Gasteiger partial charge in [0.2, 0.25) is 0 Å². The number of rotatable bonds is 5. The summed E-state index contributed by atoms with van der Waals surface area (Å²) in [5.74, 6) is -1.07. The highest BCUT2D eigenvalue weighted by molar-refractivity contribution is 7.91. The molecule has 1 saturated heterocycles. The van der Waals surface area contributed by atoms with Crippen molar-refractivity contribution >= 4 is 21.7 Å². The number of sulfone groups is 1. The van der Waals surface area contributed by atoms with E-state index in [1.54, 1.807) is 6.07 Å². The molecule has 150 valence electrons. The van der Waals surface area contributed by atoms with E-state index in [0.29, 0.717) is 12.0 Å². The Kier molecular flexibility index (Phi) is 5.60. The predicted octanol–water partition coefficient (Wildman–Crippen LogP) is 1.86. The number of hydrogen-bond donors (Lipinski definition) is 1. The second kappa shape index (κ2) is 7.79. The third-order valence-electron chi connectivity index (χ3n) is 4.88. The van der Waals surface area contributed by atoms with Gasteiger partial charge in [0.1, 0.15) is 0 Å². The Balaban J connectivity index is 1.64. The zero-order chi connectivity index (χ0) is 20.5. The first-order valence-corrected chi connectivity index (χ1v) is 10.9. The van der Waals surface area contributed by atoms with Gasteiger partial charge in [0.05, 0.1) is 17.1 Å². The van der Waals surface area contributed by atoms with Crippen molar-refractivity contribution in [1.29, 1.82) is 0 Å². The van der Waals surface area contributed by atoms with Crippen molar-refractivity contribution < 1.29 is 22.7 Å². The standard InChI is InChI=1S/C20H24N2O5S/c1-13-4-6-17(7-5-13)22-14(2)10-18(15(22)3)20(24)27-11-19(23)21-16-8-9-28(25,26)12-16/h4-7,10,16H,8-9,11-12H2,1-3H3,(H,21,23)/t16-/m0/s1. The zero-order valence-corrected chi connectivity index (χ0v) is 17.0. The lowest BCUT2D eigenvalue weighted by molar-refractivity contribution is -0.124. The quantitative estimate of drug-likeness (QED) is 0.768. The Morgan fingerprint density at radius 3 is 2.46 bits per heavy atom. The molecule has 0 aliphatic carbocycles. The molecule has 0 spiro atoms. The van der Waals surface area contributed by atoms with Gasteiger partial charge in [-0.15, -0.1) is 0 Å². The number of nitrogens with zero attached hydrogens (tertiary/aromatic N) is 1. The van der Waals surface area contributed by atoms with Gasteiger partial charge in [-0.2, -0.15) is 0 Å². The number of ether oxygens (including phenoxy) is 1. The van der Waals surface area contributed by atoms with Crippen LogP contribution in [0.3, 0.4) is 0 Å². The number of esters is 1. The molecule has 8 heteroatoms. The summed E-state index contributed by atoms with van der Waals surface area (Å²) in [6, 6.07) is 9.28. The molecule has 1 aromatic heterocycles. The Morgan fingerprint density at radius 1 is 1.18 bits per heavy atom. The van der Waals surface area contributed by atoms with Crippen LogP contribution in [0.5, 0.6) is 0 Å². The lowest BCUT2D eigenvalue weighted by Crippen LogP contribution is -2.38. The summed E-state index contributed by atoms with van der Waals surface area (Å²) in [5.41, 5.74) is 4.10. The molecular formula is C20H24N2O5S. The van der Waals surface area contributed by atoms with Crippen LogP contribution < -0.4 is 5.32 Å². The van der Waals surface area contributed by atoms with E-state index >= 15 is 0 Å². The molecule has 1 aliphatic rings. The average Bonchev–Trinajstić information content (AvgIpc) is 3.12. The van der Waals surface area contributed by atoms with Crippen LogP contribution in [0.2, 0.25) is 0 Å². The number of hydrogen-bond acceptors (Lipinski definition) is 5. The highest BCUT2D eigenvalue weighted by Crippen LogP contribution is 2.22. The van der Waals surface area contributed by atoms with Crippen molar-refractivity contribution in [3.8, 4) is 5.69 Å². The second-order valence-electron chi connectivity index (χ2n) is 7.20. The summed E-state index contributed by atoms with van der Waals surface area (Å²) in [6.07, 6.45) is 0.389. The molecule has 1 aromatic carbocycles. The SMILES string of the molecule is Cc1ccc(-n2c(C)cc(C(=O)OCC(=O)N[C@H]3CCS(=O)(=O)C3)c2C)cc1. The van der Waals surface area contributed by atoms with Crippen molar-refractivity contribution in [1.82, 2.24) is 9.88 Å². The van der Waals surface area contributed by atoms with Crippen LogP contribution in [0.4, 0.5) is 0 Å². The van der Waals surface area contributed by atoms with Crippen LogP contribution in [0.15, 0.2) is 30.3 Å². The Morgan fingerprint density at radius 2 is 1.86 bits per heavy atom. The van der Waals surface area contributed by atoms with Gasteiger partial charge in [-0.1, -0.05) is 17.7 Å². The third kappa shape index (κ3) is 4.44. The van der Waals surface area contributed by atoms with Gasteiger partial charge >= 0.3 is 5.97 Å². The molecule has 3 rings (SSSR count). The van der Waals surface area contributed by atoms with Crippen LogP contribution in [-0.2, 0) is 19.4 Å². The first kappa shape index (κ1) is 20.1. The number of carbonyl (C=O) groups excluding carboxylic acids is 2. The van der Waals surface area contributed by atoms with E-state index in [2.05, 4.69) is 5.32 Å². The number of amides is 1. The fraction of sp³-hybridized carbons (Fsp3) is 0.400. The summed E-state index contributed by atoms with van der Waals surface area (Å²) >= 11 is 0. The van der Waals surface area contributed by atoms with Crippen molar-refractivity contribution in [3.05, 3.63) is 52.8 Å². The average molecular weight is 404 g/mol. The lowest BCUT2D eigenvalue weighted by atomic mass is 10.2. The number of nitrogens with one attached hydrogen (secondary N) is 1. The van der Waals surface area contributed by atoms with E-state index in [1.807, 2.05) is 49.6 Å². The fourth-order valence-electron chi connectivity index (χ4n) is 3.45. The maximum atomic E-state index is 12.4. The summed E-state index contributed by atoms with van der Waals surface area (Å²) in [4.78, 5) is 24.4. The van der Waals surface area contributed by atoms with Crippen LogP contribution in [0.1, 0.15) is 33.7 Å². The second-order valence-corrected chi connectivity index (χ2v) is 9.43. The monoisotopic (exact) mass is 404 g/mol. The van der Waals surface area contributed by atoms with E-state index in [-0.39, 0.29) is 11.5 Å². The van der Waals surface area contributed by atoms with Crippen molar-refractivity contribution in [2.75, 3.05) is 18.1 Å². The van der Waals surface area contributed by atoms with Crippen molar-refractivity contribution in [2.24, 2.45) is 0 Å².